The third-order valence-electron chi connectivity index (χ3n) is 5.80. The normalized spacial score (nSPS) is 13.8. The van der Waals surface area contributed by atoms with Crippen LogP contribution < -0.4 is 15.7 Å². The highest BCUT2D eigenvalue weighted by atomic mass is 19.1. The number of anilines is 1. The predicted octanol–water partition coefficient (Wildman–Crippen LogP) is 3.88. The maximum absolute atomic E-state index is 14.3. The number of methoxy groups -OCH3 is 1. The second-order valence-corrected chi connectivity index (χ2v) is 7.78. The van der Waals surface area contributed by atoms with Gasteiger partial charge in [0, 0.05) is 17.7 Å². The maximum Gasteiger partial charge on any atom is 0.335 e. The molecule has 0 spiro atoms. The molecule has 2 aromatic heterocycles. The van der Waals surface area contributed by atoms with Gasteiger partial charge >= 0.3 is 5.69 Å². The average molecular weight is 437 g/mol. The highest BCUT2D eigenvalue weighted by Gasteiger charge is 2.22. The molecule has 32 heavy (non-hydrogen) atoms. The molecule has 4 aromatic rings. The van der Waals surface area contributed by atoms with Gasteiger partial charge in [0.15, 0.2) is 5.65 Å². The van der Waals surface area contributed by atoms with Crippen molar-refractivity contribution in [2.45, 2.75) is 31.8 Å². The Labute approximate surface area is 182 Å². The highest BCUT2D eigenvalue weighted by Crippen LogP contribution is 2.25. The first-order valence-corrected chi connectivity index (χ1v) is 10.4. The number of nitrogens with zero attached hydrogens (tertiary/aromatic N) is 4. The molecule has 0 aliphatic heterocycles. The largest absolute Gasteiger partial charge is 0.497 e. The van der Waals surface area contributed by atoms with Crippen LogP contribution in [0.4, 0.5) is 14.7 Å². The minimum atomic E-state index is -0.719. The van der Waals surface area contributed by atoms with Crippen molar-refractivity contribution in [1.82, 2.24) is 19.1 Å². The maximum atomic E-state index is 14.3. The first-order valence-electron chi connectivity index (χ1n) is 10.4. The van der Waals surface area contributed by atoms with Crippen LogP contribution in [0.15, 0.2) is 53.5 Å². The van der Waals surface area contributed by atoms with Crippen molar-refractivity contribution in [2.75, 3.05) is 12.4 Å². The van der Waals surface area contributed by atoms with Crippen LogP contribution in [0.5, 0.6) is 5.75 Å². The summed E-state index contributed by atoms with van der Waals surface area (Å²) in [6.07, 6.45) is 4.74. The number of rotatable bonds is 6. The first-order chi connectivity index (χ1) is 15.5. The van der Waals surface area contributed by atoms with E-state index < -0.39 is 17.3 Å². The fourth-order valence-corrected chi connectivity index (χ4v) is 3.82. The standard InChI is InChI=1S/C23H21F2N5O2/c1-32-16-8-3-7-15(11-16)30-21-20(12-26-22(28-21)27-14-5-2-6-14)29(23(30)31)13-17-18(24)9-4-10-19(17)25/h3-4,7-12,14H,2,5-6,13H2,1H3,(H,26,27,28). The van der Waals surface area contributed by atoms with Gasteiger partial charge in [-0.2, -0.15) is 4.98 Å². The van der Waals surface area contributed by atoms with Crippen molar-refractivity contribution in [1.29, 1.82) is 0 Å². The minimum absolute atomic E-state index is 0.198. The molecule has 2 heterocycles. The van der Waals surface area contributed by atoms with Crippen molar-refractivity contribution < 1.29 is 13.5 Å². The Morgan fingerprint density at radius 2 is 1.91 bits per heavy atom. The SMILES string of the molecule is COc1cccc(-n2c(=O)n(Cc3c(F)cccc3F)c3cnc(NC4CCC4)nc32)c1. The number of ether oxygens (including phenoxy) is 1. The average Bonchev–Trinajstić information content (AvgIpc) is 3.04. The van der Waals surface area contributed by atoms with Crippen molar-refractivity contribution in [2.24, 2.45) is 0 Å². The lowest BCUT2D eigenvalue weighted by Gasteiger charge is -2.26. The van der Waals surface area contributed by atoms with Gasteiger partial charge in [0.2, 0.25) is 5.95 Å². The van der Waals surface area contributed by atoms with E-state index >= 15 is 0 Å². The Bertz CT molecular complexity index is 1340. The number of hydrogen-bond donors (Lipinski definition) is 1. The van der Waals surface area contributed by atoms with Gasteiger partial charge in [0.1, 0.15) is 22.9 Å². The molecule has 9 heteroatoms. The van der Waals surface area contributed by atoms with Gasteiger partial charge in [-0.15, -0.1) is 0 Å². The second kappa shape index (κ2) is 8.07. The topological polar surface area (TPSA) is 74.0 Å². The van der Waals surface area contributed by atoms with Gasteiger partial charge in [0.25, 0.3) is 0 Å². The Balaban J connectivity index is 1.70. The number of benzene rings is 2. The summed E-state index contributed by atoms with van der Waals surface area (Å²) in [6, 6.07) is 10.9. The Morgan fingerprint density at radius 1 is 1.16 bits per heavy atom. The van der Waals surface area contributed by atoms with E-state index in [1.54, 1.807) is 24.3 Å². The summed E-state index contributed by atoms with van der Waals surface area (Å²) in [6.45, 7) is -0.288. The molecule has 1 fully saturated rings. The van der Waals surface area contributed by atoms with Gasteiger partial charge in [0.05, 0.1) is 25.5 Å². The Hall–Kier alpha value is -3.75. The van der Waals surface area contributed by atoms with Crippen LogP contribution in [0, 0.1) is 11.6 Å². The predicted molar refractivity (Wildman–Crippen MR) is 116 cm³/mol. The van der Waals surface area contributed by atoms with E-state index in [1.807, 2.05) is 0 Å². The van der Waals surface area contributed by atoms with Gasteiger partial charge in [-0.25, -0.2) is 23.1 Å². The van der Waals surface area contributed by atoms with Crippen LogP contribution >= 0.6 is 0 Å². The van der Waals surface area contributed by atoms with Crippen LogP contribution in [0.25, 0.3) is 16.9 Å². The van der Waals surface area contributed by atoms with Gasteiger partial charge in [-0.1, -0.05) is 12.1 Å². The molecule has 1 aliphatic rings. The first kappa shape index (κ1) is 20.2. The molecule has 1 N–H and O–H groups in total. The molecule has 5 rings (SSSR count). The third-order valence-corrected chi connectivity index (χ3v) is 5.80. The van der Waals surface area contributed by atoms with E-state index in [-0.39, 0.29) is 12.1 Å². The minimum Gasteiger partial charge on any atom is -0.497 e. The van der Waals surface area contributed by atoms with Crippen LogP contribution in [0.3, 0.4) is 0 Å². The van der Waals surface area contributed by atoms with Gasteiger partial charge in [-0.3, -0.25) is 4.57 Å². The Kier molecular flexibility index (Phi) is 5.08. The lowest BCUT2D eigenvalue weighted by Crippen LogP contribution is -2.28. The van der Waals surface area contributed by atoms with Crippen molar-refractivity contribution in [3.05, 3.63) is 76.3 Å². The summed E-state index contributed by atoms with van der Waals surface area (Å²) in [7, 11) is 1.54. The van der Waals surface area contributed by atoms with Crippen molar-refractivity contribution >= 4 is 17.1 Å². The molecule has 1 aliphatic carbocycles. The molecule has 0 atom stereocenters. The molecule has 0 amide bonds. The van der Waals surface area contributed by atoms with E-state index in [2.05, 4.69) is 15.3 Å². The lowest BCUT2D eigenvalue weighted by atomic mass is 9.93. The number of fused-ring (bicyclic) bond motifs is 1. The van der Waals surface area contributed by atoms with Crippen LogP contribution in [0.1, 0.15) is 24.8 Å². The van der Waals surface area contributed by atoms with Crippen molar-refractivity contribution in [3.63, 3.8) is 0 Å². The van der Waals surface area contributed by atoms with E-state index in [9.17, 15) is 13.6 Å². The summed E-state index contributed by atoms with van der Waals surface area (Å²) >= 11 is 0. The van der Waals surface area contributed by atoms with Crippen LogP contribution in [-0.4, -0.2) is 32.3 Å². The molecule has 0 saturated heterocycles. The summed E-state index contributed by atoms with van der Waals surface area (Å²) in [5, 5.41) is 3.28. The molecule has 0 bridgehead atoms. The van der Waals surface area contributed by atoms with Crippen LogP contribution in [-0.2, 0) is 6.54 Å². The summed E-state index contributed by atoms with van der Waals surface area (Å²) < 4.78 is 36.6. The smallest absolute Gasteiger partial charge is 0.335 e. The number of hydrogen-bond acceptors (Lipinski definition) is 5. The summed E-state index contributed by atoms with van der Waals surface area (Å²) in [5.74, 6) is -0.461. The van der Waals surface area contributed by atoms with Crippen molar-refractivity contribution in [3.8, 4) is 11.4 Å². The number of halogens is 2. The zero-order valence-corrected chi connectivity index (χ0v) is 17.4. The zero-order valence-electron chi connectivity index (χ0n) is 17.4. The molecule has 164 valence electrons. The molecule has 0 radical (unpaired) electrons. The molecule has 0 unspecified atom stereocenters. The molecular weight excluding hydrogens is 416 g/mol. The molecule has 7 nitrogen and oxygen atoms in total. The van der Waals surface area contributed by atoms with E-state index in [4.69, 9.17) is 4.74 Å². The Morgan fingerprint density at radius 3 is 2.59 bits per heavy atom. The third kappa shape index (κ3) is 3.49. The fourth-order valence-electron chi connectivity index (χ4n) is 3.82. The fraction of sp³-hybridized carbons (Fsp3) is 0.261. The van der Waals surface area contributed by atoms with E-state index in [0.29, 0.717) is 34.6 Å². The zero-order chi connectivity index (χ0) is 22.2. The quantitative estimate of drug-likeness (QED) is 0.496. The molecule has 2 aromatic carbocycles. The number of aromatic nitrogens is 4. The second-order valence-electron chi connectivity index (χ2n) is 7.78. The highest BCUT2D eigenvalue weighted by molar-refractivity contribution is 5.74. The summed E-state index contributed by atoms with van der Waals surface area (Å²) in [4.78, 5) is 22.4. The van der Waals surface area contributed by atoms with Gasteiger partial charge in [-0.05, 0) is 43.5 Å². The number of nitrogens with one attached hydrogen (secondary N) is 1. The lowest BCUT2D eigenvalue weighted by molar-refractivity contribution is 0.414. The van der Waals surface area contributed by atoms with E-state index in [1.165, 1.54) is 40.6 Å². The molecular formula is C23H21F2N5O2. The number of imidazole rings is 1. The monoisotopic (exact) mass is 437 g/mol. The van der Waals surface area contributed by atoms with Crippen LogP contribution in [0.2, 0.25) is 0 Å². The van der Waals surface area contributed by atoms with E-state index in [0.717, 1.165) is 19.3 Å². The summed E-state index contributed by atoms with van der Waals surface area (Å²) in [5.41, 5.74) is 0.568. The van der Waals surface area contributed by atoms with Gasteiger partial charge < -0.3 is 10.1 Å². The molecule has 1 saturated carbocycles.